The van der Waals surface area contributed by atoms with E-state index in [4.69, 9.17) is 0 Å². The molecule has 1 aromatic rings. The predicted molar refractivity (Wildman–Crippen MR) is 85.6 cm³/mol. The van der Waals surface area contributed by atoms with E-state index in [1.165, 1.54) is 9.87 Å². The third kappa shape index (κ3) is 5.07. The normalized spacial score (nSPS) is 20.2. The molecule has 1 atom stereocenters. The zero-order valence-electron chi connectivity index (χ0n) is 12.8. The van der Waals surface area contributed by atoms with Gasteiger partial charge < -0.3 is 5.32 Å². The zero-order chi connectivity index (χ0) is 15.3. The molecule has 0 aromatic heterocycles. The molecule has 5 nitrogen and oxygen atoms in total. The molecule has 1 heterocycles. The van der Waals surface area contributed by atoms with Gasteiger partial charge in [0.25, 0.3) is 0 Å². The van der Waals surface area contributed by atoms with Crippen LogP contribution >= 0.6 is 0 Å². The van der Waals surface area contributed by atoms with Crippen molar-refractivity contribution in [1.29, 1.82) is 0 Å². The van der Waals surface area contributed by atoms with Gasteiger partial charge in [0.2, 0.25) is 10.0 Å². The lowest BCUT2D eigenvalue weighted by atomic mass is 10.2. The molecule has 1 aliphatic heterocycles. The van der Waals surface area contributed by atoms with Gasteiger partial charge in [0.15, 0.2) is 0 Å². The van der Waals surface area contributed by atoms with E-state index < -0.39 is 10.0 Å². The number of nitrogens with zero attached hydrogens (tertiary/aromatic N) is 2. The molecule has 0 bridgehead atoms. The highest BCUT2D eigenvalue weighted by Gasteiger charge is 2.22. The molecular formula is C15H25N3O2S. The van der Waals surface area contributed by atoms with Crippen LogP contribution in [0.1, 0.15) is 12.0 Å². The van der Waals surface area contributed by atoms with E-state index in [0.717, 1.165) is 26.1 Å². The van der Waals surface area contributed by atoms with Gasteiger partial charge in [-0.25, -0.2) is 12.7 Å². The average Bonchev–Trinajstić information content (AvgIpc) is 2.87. The first kappa shape index (κ1) is 16.4. The molecule has 1 aromatic carbocycles. The third-order valence-electron chi connectivity index (χ3n) is 3.87. The zero-order valence-corrected chi connectivity index (χ0v) is 13.6. The topological polar surface area (TPSA) is 52.7 Å². The Bertz CT molecular complexity index is 531. The molecule has 0 spiro atoms. The molecule has 1 N–H and O–H groups in total. The van der Waals surface area contributed by atoms with Crippen molar-refractivity contribution in [1.82, 2.24) is 14.5 Å². The average molecular weight is 311 g/mol. The Morgan fingerprint density at radius 1 is 1.29 bits per heavy atom. The fraction of sp³-hybridized carbons (Fsp3) is 0.600. The molecule has 0 amide bonds. The summed E-state index contributed by atoms with van der Waals surface area (Å²) in [6, 6.07) is 10.8. The summed E-state index contributed by atoms with van der Waals surface area (Å²) in [5, 5.41) is 3.36. The van der Waals surface area contributed by atoms with Crippen LogP contribution < -0.4 is 5.32 Å². The minimum absolute atomic E-state index is 0.162. The highest BCUT2D eigenvalue weighted by Crippen LogP contribution is 2.13. The molecule has 0 aliphatic carbocycles. The van der Waals surface area contributed by atoms with Crippen molar-refractivity contribution in [2.24, 2.45) is 0 Å². The molecule has 1 saturated heterocycles. The van der Waals surface area contributed by atoms with E-state index >= 15 is 0 Å². The fourth-order valence-electron chi connectivity index (χ4n) is 2.56. The van der Waals surface area contributed by atoms with Crippen LogP contribution in [0.25, 0.3) is 0 Å². The second-order valence-electron chi connectivity index (χ2n) is 5.76. The third-order valence-corrected chi connectivity index (χ3v) is 5.70. The smallest absolute Gasteiger partial charge is 0.214 e. The molecule has 1 aliphatic rings. The maximum atomic E-state index is 11.7. The molecule has 21 heavy (non-hydrogen) atoms. The highest BCUT2D eigenvalue weighted by atomic mass is 32.2. The maximum Gasteiger partial charge on any atom is 0.214 e. The summed E-state index contributed by atoms with van der Waals surface area (Å²) >= 11 is 0. The Labute approximate surface area is 128 Å². The van der Waals surface area contributed by atoms with Crippen molar-refractivity contribution in [3.63, 3.8) is 0 Å². The summed E-state index contributed by atoms with van der Waals surface area (Å²) in [7, 11) is 0.0570. The molecule has 1 fully saturated rings. The second kappa shape index (κ2) is 7.35. The van der Waals surface area contributed by atoms with E-state index in [1.54, 1.807) is 14.1 Å². The number of hydrogen-bond donors (Lipinski definition) is 1. The van der Waals surface area contributed by atoms with E-state index in [9.17, 15) is 8.42 Å². The van der Waals surface area contributed by atoms with Gasteiger partial charge in [0.05, 0.1) is 5.75 Å². The molecule has 0 radical (unpaired) electrons. The van der Waals surface area contributed by atoms with Gasteiger partial charge in [-0.15, -0.1) is 0 Å². The molecule has 6 heteroatoms. The number of hydrogen-bond acceptors (Lipinski definition) is 4. The van der Waals surface area contributed by atoms with E-state index in [1.807, 2.05) is 6.07 Å². The minimum atomic E-state index is -3.09. The summed E-state index contributed by atoms with van der Waals surface area (Å²) in [5.41, 5.74) is 1.33. The SMILES string of the molecule is CN(C)S(=O)(=O)CCNC1CCN(Cc2ccccc2)C1. The van der Waals surface area contributed by atoms with Crippen LogP contribution in [-0.4, -0.2) is 63.1 Å². The van der Waals surface area contributed by atoms with Crippen LogP contribution in [0.5, 0.6) is 0 Å². The first-order chi connectivity index (χ1) is 9.97. The van der Waals surface area contributed by atoms with Gasteiger partial charge in [-0.1, -0.05) is 30.3 Å². The quantitative estimate of drug-likeness (QED) is 0.807. The molecule has 0 saturated carbocycles. The van der Waals surface area contributed by atoms with E-state index in [-0.39, 0.29) is 5.75 Å². The fourth-order valence-corrected chi connectivity index (χ4v) is 3.30. The van der Waals surface area contributed by atoms with E-state index in [2.05, 4.69) is 34.5 Å². The Morgan fingerprint density at radius 2 is 2.00 bits per heavy atom. The summed E-state index contributed by atoms with van der Waals surface area (Å²) in [4.78, 5) is 2.41. The summed E-state index contributed by atoms with van der Waals surface area (Å²) in [6.07, 6.45) is 1.08. The standard InChI is InChI=1S/C15H25N3O2S/c1-17(2)21(19,20)11-9-16-15-8-10-18(13-15)12-14-6-4-3-5-7-14/h3-7,15-16H,8-13H2,1-2H3. The first-order valence-electron chi connectivity index (χ1n) is 7.37. The van der Waals surface area contributed by atoms with Crippen molar-refractivity contribution >= 4 is 10.0 Å². The molecule has 1 unspecified atom stereocenters. The lowest BCUT2D eigenvalue weighted by molar-refractivity contribution is 0.321. The van der Waals surface area contributed by atoms with E-state index in [0.29, 0.717) is 12.6 Å². The predicted octanol–water partition coefficient (Wildman–Crippen LogP) is 0.742. The van der Waals surface area contributed by atoms with Crippen LogP contribution in [-0.2, 0) is 16.6 Å². The number of likely N-dealkylation sites (tertiary alicyclic amines) is 1. The monoisotopic (exact) mass is 311 g/mol. The van der Waals surface area contributed by atoms with Crippen molar-refractivity contribution in [2.45, 2.75) is 19.0 Å². The van der Waals surface area contributed by atoms with Gasteiger partial charge in [-0.3, -0.25) is 4.90 Å². The Kier molecular flexibility index (Phi) is 5.75. The summed E-state index contributed by atoms with van der Waals surface area (Å²) in [5.74, 6) is 0.162. The molecule has 118 valence electrons. The summed E-state index contributed by atoms with van der Waals surface area (Å²) in [6.45, 7) is 3.53. The first-order valence-corrected chi connectivity index (χ1v) is 8.98. The number of nitrogens with one attached hydrogen (secondary N) is 1. The summed E-state index contributed by atoms with van der Waals surface area (Å²) < 4.78 is 24.7. The van der Waals surface area contributed by atoms with Gasteiger partial charge in [-0.05, 0) is 12.0 Å². The number of rotatable bonds is 7. The van der Waals surface area contributed by atoms with Crippen molar-refractivity contribution in [3.05, 3.63) is 35.9 Å². The second-order valence-corrected chi connectivity index (χ2v) is 8.06. The minimum Gasteiger partial charge on any atom is -0.312 e. The number of benzene rings is 1. The van der Waals surface area contributed by atoms with Gasteiger partial charge in [0.1, 0.15) is 0 Å². The van der Waals surface area contributed by atoms with Gasteiger partial charge in [0, 0.05) is 46.3 Å². The van der Waals surface area contributed by atoms with Gasteiger partial charge in [-0.2, -0.15) is 0 Å². The van der Waals surface area contributed by atoms with Gasteiger partial charge >= 0.3 is 0 Å². The maximum absolute atomic E-state index is 11.7. The number of sulfonamides is 1. The lowest BCUT2D eigenvalue weighted by Crippen LogP contribution is -2.37. The highest BCUT2D eigenvalue weighted by molar-refractivity contribution is 7.89. The van der Waals surface area contributed by atoms with Crippen LogP contribution in [0.2, 0.25) is 0 Å². The Hall–Kier alpha value is -0.950. The Balaban J connectivity index is 1.71. The van der Waals surface area contributed by atoms with Crippen LogP contribution in [0.4, 0.5) is 0 Å². The molecular weight excluding hydrogens is 286 g/mol. The van der Waals surface area contributed by atoms with Crippen molar-refractivity contribution in [3.8, 4) is 0 Å². The van der Waals surface area contributed by atoms with Crippen LogP contribution in [0.3, 0.4) is 0 Å². The van der Waals surface area contributed by atoms with Crippen molar-refractivity contribution in [2.75, 3.05) is 39.5 Å². The molecule has 2 rings (SSSR count). The lowest BCUT2D eigenvalue weighted by Gasteiger charge is -2.17. The van der Waals surface area contributed by atoms with Crippen LogP contribution in [0.15, 0.2) is 30.3 Å². The van der Waals surface area contributed by atoms with Crippen molar-refractivity contribution < 1.29 is 8.42 Å². The van der Waals surface area contributed by atoms with Crippen LogP contribution in [0, 0.1) is 0 Å². The largest absolute Gasteiger partial charge is 0.312 e. The Morgan fingerprint density at radius 3 is 2.67 bits per heavy atom.